The van der Waals surface area contributed by atoms with Crippen molar-refractivity contribution in [3.8, 4) is 10.6 Å². The second-order valence-electron chi connectivity index (χ2n) is 5.77. The molecule has 2 heterocycles. The van der Waals surface area contributed by atoms with Crippen molar-refractivity contribution in [2.24, 2.45) is 0 Å². The van der Waals surface area contributed by atoms with Crippen molar-refractivity contribution in [2.75, 3.05) is 25.5 Å². The fraction of sp³-hybridized carbons (Fsp3) is 0.412. The van der Waals surface area contributed by atoms with E-state index in [1.165, 1.54) is 0 Å². The molecule has 0 aliphatic carbocycles. The number of ether oxygens (including phenoxy) is 1. The van der Waals surface area contributed by atoms with Crippen LogP contribution in [0.3, 0.4) is 0 Å². The molecule has 7 heteroatoms. The monoisotopic (exact) mass is 367 g/mol. The van der Waals surface area contributed by atoms with Crippen molar-refractivity contribution in [1.82, 2.24) is 10.3 Å². The molecule has 0 radical (unpaired) electrons. The second kappa shape index (κ2) is 8.07. The van der Waals surface area contributed by atoms with Gasteiger partial charge >= 0.3 is 0 Å². The van der Waals surface area contributed by atoms with E-state index in [1.807, 2.05) is 36.6 Å². The maximum absolute atomic E-state index is 12.6. The molecule has 2 aromatic rings. The molecular weight excluding hydrogens is 346 g/mol. The molecule has 5 nitrogen and oxygen atoms in total. The number of hydrogen-bond donors (Lipinski definition) is 2. The number of benzene rings is 1. The van der Waals surface area contributed by atoms with Crippen LogP contribution in [0.4, 0.5) is 5.69 Å². The van der Waals surface area contributed by atoms with Gasteiger partial charge in [-0.1, -0.05) is 0 Å². The molecule has 1 aromatic heterocycles. The Labute approximate surface area is 152 Å². The fourth-order valence-electron chi connectivity index (χ4n) is 2.78. The molecule has 1 fully saturated rings. The van der Waals surface area contributed by atoms with Crippen LogP contribution in [-0.4, -0.2) is 36.7 Å². The molecule has 1 aromatic carbocycles. The number of aryl methyl sites for hydroxylation is 1. The number of carbonyl (C=O) groups excluding carboxylic acids is 1. The van der Waals surface area contributed by atoms with Gasteiger partial charge in [0.2, 0.25) is 0 Å². The van der Waals surface area contributed by atoms with Gasteiger partial charge in [0.1, 0.15) is 10.6 Å². The minimum absolute atomic E-state index is 0. The van der Waals surface area contributed by atoms with Crippen LogP contribution >= 0.6 is 23.7 Å². The largest absolute Gasteiger partial charge is 0.368 e. The summed E-state index contributed by atoms with van der Waals surface area (Å²) in [5.41, 5.74) is 2.14. The van der Waals surface area contributed by atoms with E-state index in [9.17, 15) is 4.79 Å². The van der Waals surface area contributed by atoms with Gasteiger partial charge in [-0.05, 0) is 57.1 Å². The van der Waals surface area contributed by atoms with Crippen molar-refractivity contribution in [1.29, 1.82) is 0 Å². The maximum atomic E-state index is 12.6. The van der Waals surface area contributed by atoms with Gasteiger partial charge in [0.25, 0.3) is 5.91 Å². The zero-order valence-corrected chi connectivity index (χ0v) is 15.4. The van der Waals surface area contributed by atoms with Gasteiger partial charge in [0, 0.05) is 29.4 Å². The summed E-state index contributed by atoms with van der Waals surface area (Å²) >= 11 is 1.62. The Morgan fingerprint density at radius 1 is 1.29 bits per heavy atom. The highest BCUT2D eigenvalue weighted by Gasteiger charge is 2.39. The quantitative estimate of drug-likeness (QED) is 0.870. The minimum atomic E-state index is -0.726. The molecule has 1 saturated heterocycles. The number of aromatic nitrogens is 1. The number of rotatable bonds is 4. The Bertz CT molecular complexity index is 681. The Morgan fingerprint density at radius 2 is 1.96 bits per heavy atom. The summed E-state index contributed by atoms with van der Waals surface area (Å²) in [6.45, 7) is 3.57. The number of hydrogen-bond acceptors (Lipinski definition) is 5. The van der Waals surface area contributed by atoms with Crippen molar-refractivity contribution >= 4 is 35.3 Å². The van der Waals surface area contributed by atoms with Crippen LogP contribution in [0.1, 0.15) is 18.5 Å². The standard InChI is InChI=1S/C17H21N3O2S.ClH/c1-12-11-23-15(19-12)13-3-5-14(6-4-13)20-16(21)17(22-2)7-9-18-10-8-17;/h3-6,11,18H,7-10H2,1-2H3,(H,20,21);1H. The lowest BCUT2D eigenvalue weighted by Crippen LogP contribution is -2.51. The average Bonchev–Trinajstić information content (AvgIpc) is 3.02. The second-order valence-corrected chi connectivity index (χ2v) is 6.63. The molecule has 2 N–H and O–H groups in total. The zero-order chi connectivity index (χ0) is 16.3. The molecule has 0 atom stereocenters. The number of nitrogens with zero attached hydrogens (tertiary/aromatic N) is 1. The first-order chi connectivity index (χ1) is 11.1. The highest BCUT2D eigenvalue weighted by Crippen LogP contribution is 2.27. The third kappa shape index (κ3) is 3.95. The third-order valence-corrected chi connectivity index (χ3v) is 5.23. The molecule has 24 heavy (non-hydrogen) atoms. The lowest BCUT2D eigenvalue weighted by Gasteiger charge is -2.34. The normalized spacial score (nSPS) is 16.2. The van der Waals surface area contributed by atoms with Gasteiger partial charge in [-0.2, -0.15) is 0 Å². The van der Waals surface area contributed by atoms with E-state index in [4.69, 9.17) is 4.74 Å². The summed E-state index contributed by atoms with van der Waals surface area (Å²) < 4.78 is 5.55. The number of nitrogens with one attached hydrogen (secondary N) is 2. The van der Waals surface area contributed by atoms with Crippen LogP contribution in [0.5, 0.6) is 0 Å². The number of carbonyl (C=O) groups is 1. The van der Waals surface area contributed by atoms with Gasteiger partial charge in [-0.3, -0.25) is 4.79 Å². The summed E-state index contributed by atoms with van der Waals surface area (Å²) in [6.07, 6.45) is 1.37. The van der Waals surface area contributed by atoms with E-state index < -0.39 is 5.60 Å². The summed E-state index contributed by atoms with van der Waals surface area (Å²) in [7, 11) is 1.61. The van der Waals surface area contributed by atoms with Crippen LogP contribution in [0.25, 0.3) is 10.6 Å². The molecule has 130 valence electrons. The molecule has 0 bridgehead atoms. The summed E-state index contributed by atoms with van der Waals surface area (Å²) in [5.74, 6) is -0.0701. The average molecular weight is 368 g/mol. The summed E-state index contributed by atoms with van der Waals surface area (Å²) in [5, 5.41) is 9.26. The van der Waals surface area contributed by atoms with Crippen LogP contribution < -0.4 is 10.6 Å². The molecule has 0 saturated carbocycles. The maximum Gasteiger partial charge on any atom is 0.256 e. The first-order valence-electron chi connectivity index (χ1n) is 7.73. The van der Waals surface area contributed by atoms with Gasteiger partial charge in [-0.15, -0.1) is 23.7 Å². The summed E-state index contributed by atoms with van der Waals surface area (Å²) in [6, 6.07) is 7.79. The molecule has 0 spiro atoms. The number of amides is 1. The van der Waals surface area contributed by atoms with Gasteiger partial charge in [0.05, 0.1) is 0 Å². The Hall–Kier alpha value is -1.47. The Kier molecular flexibility index (Phi) is 6.34. The predicted octanol–water partition coefficient (Wildman–Crippen LogP) is 3.25. The van der Waals surface area contributed by atoms with E-state index >= 15 is 0 Å². The van der Waals surface area contributed by atoms with E-state index in [-0.39, 0.29) is 18.3 Å². The SMILES string of the molecule is COC1(C(=O)Nc2ccc(-c3nc(C)cs3)cc2)CCNCC1.Cl. The summed E-state index contributed by atoms with van der Waals surface area (Å²) in [4.78, 5) is 17.1. The Balaban J connectivity index is 0.00000208. The number of halogens is 1. The lowest BCUT2D eigenvalue weighted by atomic mass is 9.91. The highest BCUT2D eigenvalue weighted by atomic mass is 35.5. The molecule has 1 aliphatic rings. The first kappa shape index (κ1) is 18.9. The number of piperidine rings is 1. The highest BCUT2D eigenvalue weighted by molar-refractivity contribution is 7.13. The number of anilines is 1. The van der Waals surface area contributed by atoms with E-state index in [0.717, 1.165) is 35.0 Å². The molecule has 0 unspecified atom stereocenters. The molecular formula is C17H22ClN3O2S. The lowest BCUT2D eigenvalue weighted by molar-refractivity contribution is -0.140. The Morgan fingerprint density at radius 3 is 2.50 bits per heavy atom. The predicted molar refractivity (Wildman–Crippen MR) is 100 cm³/mol. The van der Waals surface area contributed by atoms with Crippen molar-refractivity contribution < 1.29 is 9.53 Å². The topological polar surface area (TPSA) is 63.2 Å². The van der Waals surface area contributed by atoms with Crippen LogP contribution in [0, 0.1) is 6.92 Å². The van der Waals surface area contributed by atoms with E-state index in [0.29, 0.717) is 12.8 Å². The zero-order valence-electron chi connectivity index (χ0n) is 13.8. The smallest absolute Gasteiger partial charge is 0.256 e. The minimum Gasteiger partial charge on any atom is -0.368 e. The van der Waals surface area contributed by atoms with Crippen molar-refractivity contribution in [2.45, 2.75) is 25.4 Å². The van der Waals surface area contributed by atoms with Gasteiger partial charge < -0.3 is 15.4 Å². The molecule has 1 aliphatic heterocycles. The fourth-order valence-corrected chi connectivity index (χ4v) is 3.59. The van der Waals surface area contributed by atoms with E-state index in [2.05, 4.69) is 15.6 Å². The van der Waals surface area contributed by atoms with Crippen LogP contribution in [-0.2, 0) is 9.53 Å². The third-order valence-electron chi connectivity index (χ3n) is 4.22. The van der Waals surface area contributed by atoms with Crippen LogP contribution in [0.15, 0.2) is 29.6 Å². The van der Waals surface area contributed by atoms with Crippen molar-refractivity contribution in [3.63, 3.8) is 0 Å². The van der Waals surface area contributed by atoms with Crippen molar-refractivity contribution in [3.05, 3.63) is 35.3 Å². The number of methoxy groups -OCH3 is 1. The van der Waals surface area contributed by atoms with Gasteiger partial charge in [0.15, 0.2) is 0 Å². The number of thiazole rings is 1. The van der Waals surface area contributed by atoms with Crippen LogP contribution in [0.2, 0.25) is 0 Å². The first-order valence-corrected chi connectivity index (χ1v) is 8.61. The molecule has 3 rings (SSSR count). The van der Waals surface area contributed by atoms with Gasteiger partial charge in [-0.25, -0.2) is 4.98 Å². The molecule has 1 amide bonds. The van der Waals surface area contributed by atoms with E-state index in [1.54, 1.807) is 18.4 Å².